The smallest absolute Gasteiger partial charge is 0.250 e. The van der Waals surface area contributed by atoms with E-state index in [0.717, 1.165) is 24.3 Å². The first kappa shape index (κ1) is 11.2. The van der Waals surface area contributed by atoms with Crippen molar-refractivity contribution in [2.45, 2.75) is 39.7 Å². The van der Waals surface area contributed by atoms with Crippen LogP contribution < -0.4 is 10.9 Å². The summed E-state index contributed by atoms with van der Waals surface area (Å²) in [5, 5.41) is 3.37. The van der Waals surface area contributed by atoms with Gasteiger partial charge in [-0.1, -0.05) is 27.7 Å². The molecule has 1 aromatic heterocycles. The summed E-state index contributed by atoms with van der Waals surface area (Å²) in [7, 11) is 0. The molecule has 2 rings (SSSR count). The summed E-state index contributed by atoms with van der Waals surface area (Å²) in [5.41, 5.74) is 2.46. The van der Waals surface area contributed by atoms with Gasteiger partial charge in [0.25, 0.3) is 5.56 Å². The van der Waals surface area contributed by atoms with E-state index in [-0.39, 0.29) is 11.0 Å². The van der Waals surface area contributed by atoms with Gasteiger partial charge in [-0.15, -0.1) is 0 Å². The fraction of sp³-hybridized carbons (Fsp3) is 0.615. The lowest BCUT2D eigenvalue weighted by Gasteiger charge is -2.17. The van der Waals surface area contributed by atoms with Crippen molar-refractivity contribution in [1.82, 2.24) is 4.57 Å². The van der Waals surface area contributed by atoms with Crippen molar-refractivity contribution in [3.05, 3.63) is 28.2 Å². The van der Waals surface area contributed by atoms with E-state index in [1.807, 2.05) is 6.20 Å². The van der Waals surface area contributed by atoms with Crippen molar-refractivity contribution in [2.24, 2.45) is 5.92 Å². The first-order valence-corrected chi connectivity index (χ1v) is 5.89. The molecule has 0 radical (unpaired) electrons. The van der Waals surface area contributed by atoms with Gasteiger partial charge in [0.15, 0.2) is 0 Å². The SMILES string of the molecule is CC(C)Cn1cc2c(cc1=O)C(C)(C)CN2. The minimum Gasteiger partial charge on any atom is -0.383 e. The Bertz CT molecular complexity index is 457. The summed E-state index contributed by atoms with van der Waals surface area (Å²) in [6.45, 7) is 10.3. The summed E-state index contributed by atoms with van der Waals surface area (Å²) in [6.07, 6.45) is 1.96. The van der Waals surface area contributed by atoms with Crippen LogP contribution in [-0.4, -0.2) is 11.1 Å². The number of fused-ring (bicyclic) bond motifs is 1. The number of nitrogens with one attached hydrogen (secondary N) is 1. The number of hydrogen-bond acceptors (Lipinski definition) is 2. The first-order chi connectivity index (χ1) is 7.40. The second-order valence-electron chi connectivity index (χ2n) is 5.72. The first-order valence-electron chi connectivity index (χ1n) is 5.89. The fourth-order valence-corrected chi connectivity index (χ4v) is 2.22. The number of rotatable bonds is 2. The molecule has 88 valence electrons. The van der Waals surface area contributed by atoms with E-state index < -0.39 is 0 Å². The molecular weight excluding hydrogens is 200 g/mol. The topological polar surface area (TPSA) is 34.0 Å². The van der Waals surface area contributed by atoms with Gasteiger partial charge in [0.1, 0.15) is 0 Å². The fourth-order valence-electron chi connectivity index (χ4n) is 2.22. The van der Waals surface area contributed by atoms with Crippen molar-refractivity contribution < 1.29 is 0 Å². The van der Waals surface area contributed by atoms with Gasteiger partial charge < -0.3 is 9.88 Å². The molecule has 3 nitrogen and oxygen atoms in total. The minimum absolute atomic E-state index is 0.0748. The Morgan fingerprint density at radius 3 is 2.81 bits per heavy atom. The third-order valence-corrected chi connectivity index (χ3v) is 3.14. The second-order valence-corrected chi connectivity index (χ2v) is 5.72. The molecule has 0 fully saturated rings. The van der Waals surface area contributed by atoms with Gasteiger partial charge in [0, 0.05) is 30.8 Å². The maximum atomic E-state index is 11.9. The quantitative estimate of drug-likeness (QED) is 0.829. The Balaban J connectivity index is 2.45. The zero-order chi connectivity index (χ0) is 11.9. The third-order valence-electron chi connectivity index (χ3n) is 3.14. The van der Waals surface area contributed by atoms with Crippen LogP contribution in [0.15, 0.2) is 17.1 Å². The highest BCUT2D eigenvalue weighted by Gasteiger charge is 2.30. The normalized spacial score (nSPS) is 17.3. The van der Waals surface area contributed by atoms with Gasteiger partial charge in [-0.05, 0) is 11.5 Å². The van der Waals surface area contributed by atoms with Gasteiger partial charge in [-0.3, -0.25) is 4.79 Å². The number of aromatic nitrogens is 1. The molecule has 1 aromatic rings. The van der Waals surface area contributed by atoms with Crippen molar-refractivity contribution in [2.75, 3.05) is 11.9 Å². The average molecular weight is 220 g/mol. The molecule has 0 unspecified atom stereocenters. The van der Waals surface area contributed by atoms with Crippen LogP contribution in [0.1, 0.15) is 33.3 Å². The van der Waals surface area contributed by atoms with Gasteiger partial charge in [0.05, 0.1) is 5.69 Å². The van der Waals surface area contributed by atoms with E-state index in [2.05, 4.69) is 33.0 Å². The van der Waals surface area contributed by atoms with Crippen LogP contribution in [0.4, 0.5) is 5.69 Å². The van der Waals surface area contributed by atoms with Crippen LogP contribution in [0.3, 0.4) is 0 Å². The van der Waals surface area contributed by atoms with Crippen LogP contribution >= 0.6 is 0 Å². The van der Waals surface area contributed by atoms with Gasteiger partial charge >= 0.3 is 0 Å². The highest BCUT2D eigenvalue weighted by atomic mass is 16.1. The van der Waals surface area contributed by atoms with Crippen LogP contribution in [0.25, 0.3) is 0 Å². The maximum Gasteiger partial charge on any atom is 0.250 e. The molecule has 0 bridgehead atoms. The van der Waals surface area contributed by atoms with E-state index in [9.17, 15) is 4.79 Å². The number of nitrogens with zero attached hydrogens (tertiary/aromatic N) is 1. The number of anilines is 1. The van der Waals surface area contributed by atoms with E-state index in [0.29, 0.717) is 5.92 Å². The zero-order valence-corrected chi connectivity index (χ0v) is 10.5. The lowest BCUT2D eigenvalue weighted by atomic mass is 9.88. The Kier molecular flexibility index (Phi) is 2.56. The van der Waals surface area contributed by atoms with Crippen LogP contribution in [0, 0.1) is 5.92 Å². The van der Waals surface area contributed by atoms with E-state index in [1.165, 1.54) is 0 Å². The van der Waals surface area contributed by atoms with E-state index >= 15 is 0 Å². The monoisotopic (exact) mass is 220 g/mol. The lowest BCUT2D eigenvalue weighted by molar-refractivity contribution is 0.509. The predicted molar refractivity (Wildman–Crippen MR) is 67.1 cm³/mol. The van der Waals surface area contributed by atoms with E-state index in [1.54, 1.807) is 10.6 Å². The van der Waals surface area contributed by atoms with Crippen molar-refractivity contribution in [3.63, 3.8) is 0 Å². The molecule has 0 amide bonds. The molecule has 3 heteroatoms. The summed E-state index contributed by atoms with van der Waals surface area (Å²) in [5.74, 6) is 0.491. The summed E-state index contributed by atoms with van der Waals surface area (Å²) < 4.78 is 1.80. The van der Waals surface area contributed by atoms with Gasteiger partial charge in [-0.2, -0.15) is 0 Å². The van der Waals surface area contributed by atoms with E-state index in [4.69, 9.17) is 0 Å². The summed E-state index contributed by atoms with van der Waals surface area (Å²) in [4.78, 5) is 11.9. The molecule has 1 aliphatic heterocycles. The number of hydrogen-bond donors (Lipinski definition) is 1. The molecule has 0 saturated carbocycles. The summed E-state index contributed by atoms with van der Waals surface area (Å²) >= 11 is 0. The van der Waals surface area contributed by atoms with Crippen molar-refractivity contribution >= 4 is 5.69 Å². The Morgan fingerprint density at radius 2 is 2.19 bits per heavy atom. The molecule has 16 heavy (non-hydrogen) atoms. The largest absolute Gasteiger partial charge is 0.383 e. The zero-order valence-electron chi connectivity index (χ0n) is 10.5. The van der Waals surface area contributed by atoms with Gasteiger partial charge in [-0.25, -0.2) is 0 Å². The highest BCUT2D eigenvalue weighted by Crippen LogP contribution is 2.34. The third kappa shape index (κ3) is 1.86. The minimum atomic E-state index is 0.0748. The molecule has 1 N–H and O–H groups in total. The molecule has 1 aliphatic rings. The molecular formula is C13H20N2O. The van der Waals surface area contributed by atoms with Crippen molar-refractivity contribution in [1.29, 1.82) is 0 Å². The molecule has 2 heterocycles. The average Bonchev–Trinajstić information content (AvgIpc) is 2.43. The standard InChI is InChI=1S/C13H20N2O/c1-9(2)6-15-7-11-10(5-12(15)16)13(3,4)8-14-11/h5,7,9,14H,6,8H2,1-4H3. The second kappa shape index (κ2) is 3.65. The lowest BCUT2D eigenvalue weighted by Crippen LogP contribution is -2.24. The van der Waals surface area contributed by atoms with Crippen LogP contribution in [0.5, 0.6) is 0 Å². The molecule has 0 aliphatic carbocycles. The molecule has 0 saturated heterocycles. The molecule has 0 spiro atoms. The van der Waals surface area contributed by atoms with Gasteiger partial charge in [0.2, 0.25) is 0 Å². The molecule has 0 atom stereocenters. The van der Waals surface area contributed by atoms with Crippen molar-refractivity contribution in [3.8, 4) is 0 Å². The summed E-state index contributed by atoms with van der Waals surface area (Å²) in [6, 6.07) is 1.79. The predicted octanol–water partition coefficient (Wildman–Crippen LogP) is 2.21. The number of pyridine rings is 1. The highest BCUT2D eigenvalue weighted by molar-refractivity contribution is 5.58. The van der Waals surface area contributed by atoms with Crippen LogP contribution in [0.2, 0.25) is 0 Å². The Hall–Kier alpha value is -1.25. The maximum absolute atomic E-state index is 11.9. The Morgan fingerprint density at radius 1 is 1.50 bits per heavy atom. The molecule has 0 aromatic carbocycles. The Labute approximate surface area is 96.5 Å². The van der Waals surface area contributed by atoms with Crippen LogP contribution in [-0.2, 0) is 12.0 Å².